The zero-order chi connectivity index (χ0) is 9.26. The van der Waals surface area contributed by atoms with Crippen LogP contribution in [0.3, 0.4) is 0 Å². The van der Waals surface area contributed by atoms with Gasteiger partial charge in [-0.1, -0.05) is 0 Å². The van der Waals surface area contributed by atoms with E-state index in [1.54, 1.807) is 0 Å². The first-order chi connectivity index (χ1) is 6.29. The van der Waals surface area contributed by atoms with Crippen molar-refractivity contribution in [3.63, 3.8) is 0 Å². The van der Waals surface area contributed by atoms with Crippen LogP contribution in [-0.2, 0) is 13.0 Å². The van der Waals surface area contributed by atoms with E-state index in [-0.39, 0.29) is 0 Å². The third-order valence-corrected chi connectivity index (χ3v) is 2.42. The normalized spacial score (nSPS) is 15.2. The van der Waals surface area contributed by atoms with Crippen LogP contribution in [0, 0.1) is 0 Å². The second kappa shape index (κ2) is 3.34. The van der Waals surface area contributed by atoms with Crippen molar-refractivity contribution in [1.82, 2.24) is 10.3 Å². The van der Waals surface area contributed by atoms with Crippen LogP contribution in [0.1, 0.15) is 11.1 Å². The van der Waals surface area contributed by atoms with Crippen molar-refractivity contribution in [2.45, 2.75) is 13.0 Å². The van der Waals surface area contributed by atoms with E-state index < -0.39 is 0 Å². The maximum Gasteiger partial charge on any atom is 0.131 e. The summed E-state index contributed by atoms with van der Waals surface area (Å²) in [5, 5.41) is 3.36. The minimum Gasteiger partial charge on any atom is -0.363 e. The van der Waals surface area contributed by atoms with Crippen molar-refractivity contribution < 1.29 is 0 Å². The molecule has 0 unspecified atom stereocenters. The molecule has 0 aromatic carbocycles. The molecule has 1 aliphatic heterocycles. The zero-order valence-electron chi connectivity index (χ0n) is 8.17. The number of nitrogens with one attached hydrogen (secondary N) is 1. The summed E-state index contributed by atoms with van der Waals surface area (Å²) in [7, 11) is 4.09. The van der Waals surface area contributed by atoms with E-state index >= 15 is 0 Å². The Labute approximate surface area is 78.8 Å². The van der Waals surface area contributed by atoms with E-state index in [0.717, 1.165) is 25.3 Å². The Morgan fingerprint density at radius 3 is 3.08 bits per heavy atom. The van der Waals surface area contributed by atoms with Crippen LogP contribution in [0.15, 0.2) is 12.3 Å². The quantitative estimate of drug-likeness (QED) is 0.687. The summed E-state index contributed by atoms with van der Waals surface area (Å²) in [5.41, 5.74) is 2.80. The summed E-state index contributed by atoms with van der Waals surface area (Å²) in [4.78, 5) is 6.48. The monoisotopic (exact) mass is 177 g/mol. The molecule has 0 amide bonds. The zero-order valence-corrected chi connectivity index (χ0v) is 8.17. The molecule has 3 nitrogen and oxygen atoms in total. The van der Waals surface area contributed by atoms with Gasteiger partial charge in [0.2, 0.25) is 0 Å². The molecular formula is C10H15N3. The fraction of sp³-hybridized carbons (Fsp3) is 0.500. The van der Waals surface area contributed by atoms with Crippen molar-refractivity contribution in [1.29, 1.82) is 0 Å². The fourth-order valence-electron chi connectivity index (χ4n) is 1.78. The summed E-state index contributed by atoms with van der Waals surface area (Å²) in [6.45, 7) is 2.05. The molecule has 0 atom stereocenters. The van der Waals surface area contributed by atoms with Crippen molar-refractivity contribution in [2.75, 3.05) is 25.5 Å². The van der Waals surface area contributed by atoms with Gasteiger partial charge in [0.05, 0.1) is 0 Å². The van der Waals surface area contributed by atoms with E-state index in [2.05, 4.69) is 21.3 Å². The molecule has 13 heavy (non-hydrogen) atoms. The maximum atomic E-state index is 4.39. The SMILES string of the molecule is CN(C)c1nccc2c1CCNC2. The average Bonchev–Trinajstić information content (AvgIpc) is 2.17. The van der Waals surface area contributed by atoms with Crippen molar-refractivity contribution in [2.24, 2.45) is 0 Å². The number of anilines is 1. The Balaban J connectivity index is 2.46. The van der Waals surface area contributed by atoms with Gasteiger partial charge < -0.3 is 10.2 Å². The Morgan fingerprint density at radius 1 is 1.46 bits per heavy atom. The molecule has 1 aromatic rings. The Kier molecular flexibility index (Phi) is 2.19. The molecule has 0 bridgehead atoms. The lowest BCUT2D eigenvalue weighted by Gasteiger charge is -2.22. The second-order valence-corrected chi connectivity index (χ2v) is 3.59. The molecule has 2 heterocycles. The van der Waals surface area contributed by atoms with Crippen molar-refractivity contribution >= 4 is 5.82 Å². The van der Waals surface area contributed by atoms with Crippen LogP contribution in [-0.4, -0.2) is 25.6 Å². The summed E-state index contributed by atoms with van der Waals surface area (Å²) < 4.78 is 0. The van der Waals surface area contributed by atoms with Crippen molar-refractivity contribution in [3.8, 4) is 0 Å². The number of fused-ring (bicyclic) bond motifs is 1. The highest BCUT2D eigenvalue weighted by molar-refractivity contribution is 5.50. The van der Waals surface area contributed by atoms with Gasteiger partial charge in [-0.25, -0.2) is 4.98 Å². The van der Waals surface area contributed by atoms with Gasteiger partial charge in [0, 0.05) is 32.4 Å². The smallest absolute Gasteiger partial charge is 0.131 e. The molecular weight excluding hydrogens is 162 g/mol. The Hall–Kier alpha value is -1.09. The van der Waals surface area contributed by atoms with E-state index in [1.807, 2.05) is 20.3 Å². The first kappa shape index (κ1) is 8.51. The second-order valence-electron chi connectivity index (χ2n) is 3.59. The highest BCUT2D eigenvalue weighted by Gasteiger charge is 2.13. The summed E-state index contributed by atoms with van der Waals surface area (Å²) >= 11 is 0. The molecule has 2 rings (SSSR count). The molecule has 1 aromatic heterocycles. The molecule has 0 fully saturated rings. The lowest BCUT2D eigenvalue weighted by atomic mass is 10.0. The number of hydrogen-bond donors (Lipinski definition) is 1. The summed E-state index contributed by atoms with van der Waals surface area (Å²) in [6.07, 6.45) is 2.98. The number of hydrogen-bond acceptors (Lipinski definition) is 3. The van der Waals surface area contributed by atoms with Crippen LogP contribution in [0.4, 0.5) is 5.82 Å². The number of rotatable bonds is 1. The lowest BCUT2D eigenvalue weighted by Crippen LogP contribution is -2.26. The largest absolute Gasteiger partial charge is 0.363 e. The molecule has 0 radical (unpaired) electrons. The summed E-state index contributed by atoms with van der Waals surface area (Å²) in [5.74, 6) is 1.12. The standard InChI is InChI=1S/C10H15N3/c1-13(2)10-9-4-5-11-7-8(9)3-6-12-10/h3,6,11H,4-5,7H2,1-2H3. The van der Waals surface area contributed by atoms with Gasteiger partial charge in [0.25, 0.3) is 0 Å². The molecule has 0 spiro atoms. The van der Waals surface area contributed by atoms with Gasteiger partial charge in [0.1, 0.15) is 5.82 Å². The van der Waals surface area contributed by atoms with Crippen LogP contribution < -0.4 is 10.2 Å². The van der Waals surface area contributed by atoms with E-state index in [1.165, 1.54) is 11.1 Å². The van der Waals surface area contributed by atoms with Gasteiger partial charge in [-0.3, -0.25) is 0 Å². The van der Waals surface area contributed by atoms with Crippen LogP contribution >= 0.6 is 0 Å². The van der Waals surface area contributed by atoms with Gasteiger partial charge in [-0.2, -0.15) is 0 Å². The predicted octanol–water partition coefficient (Wildman–Crippen LogP) is 0.793. The third kappa shape index (κ3) is 1.52. The Morgan fingerprint density at radius 2 is 2.31 bits per heavy atom. The van der Waals surface area contributed by atoms with Gasteiger partial charge in [-0.15, -0.1) is 0 Å². The fourth-order valence-corrected chi connectivity index (χ4v) is 1.78. The molecule has 0 aliphatic carbocycles. The van der Waals surface area contributed by atoms with Gasteiger partial charge >= 0.3 is 0 Å². The molecule has 1 N–H and O–H groups in total. The molecule has 0 saturated carbocycles. The average molecular weight is 177 g/mol. The maximum absolute atomic E-state index is 4.39. The van der Waals surface area contributed by atoms with Gasteiger partial charge in [-0.05, 0) is 24.6 Å². The topological polar surface area (TPSA) is 28.2 Å². The minimum atomic E-state index is 0.985. The minimum absolute atomic E-state index is 0.985. The van der Waals surface area contributed by atoms with E-state index in [0.29, 0.717) is 0 Å². The number of nitrogens with zero attached hydrogens (tertiary/aromatic N) is 2. The Bertz CT molecular complexity index is 307. The molecule has 0 saturated heterocycles. The van der Waals surface area contributed by atoms with Crippen LogP contribution in [0.5, 0.6) is 0 Å². The molecule has 3 heteroatoms. The van der Waals surface area contributed by atoms with Crippen molar-refractivity contribution in [3.05, 3.63) is 23.4 Å². The third-order valence-electron chi connectivity index (χ3n) is 2.42. The number of aromatic nitrogens is 1. The number of pyridine rings is 1. The van der Waals surface area contributed by atoms with E-state index in [4.69, 9.17) is 0 Å². The highest BCUT2D eigenvalue weighted by Crippen LogP contribution is 2.21. The molecule has 1 aliphatic rings. The predicted molar refractivity (Wildman–Crippen MR) is 54.0 cm³/mol. The lowest BCUT2D eigenvalue weighted by molar-refractivity contribution is 0.640. The van der Waals surface area contributed by atoms with Gasteiger partial charge in [0.15, 0.2) is 0 Å². The summed E-state index contributed by atoms with van der Waals surface area (Å²) in [6, 6.07) is 2.11. The molecule has 70 valence electrons. The highest BCUT2D eigenvalue weighted by atomic mass is 15.1. The van der Waals surface area contributed by atoms with Crippen LogP contribution in [0.25, 0.3) is 0 Å². The first-order valence-electron chi connectivity index (χ1n) is 4.64. The van der Waals surface area contributed by atoms with Crippen LogP contribution in [0.2, 0.25) is 0 Å². The first-order valence-corrected chi connectivity index (χ1v) is 4.64. The van der Waals surface area contributed by atoms with E-state index in [9.17, 15) is 0 Å².